The van der Waals surface area contributed by atoms with E-state index >= 15 is 0 Å². The van der Waals surface area contributed by atoms with Crippen molar-refractivity contribution in [2.75, 3.05) is 21.2 Å². The van der Waals surface area contributed by atoms with Gasteiger partial charge in [0.15, 0.2) is 0 Å². The summed E-state index contributed by atoms with van der Waals surface area (Å²) in [6.45, 7) is 2.17. The number of ether oxygens (including phenoxy) is 1. The molecule has 3 heteroatoms. The number of benzene rings is 1. The van der Waals surface area contributed by atoms with Crippen LogP contribution in [-0.4, -0.2) is 36.7 Å². The average molecular weight is 232 g/mol. The van der Waals surface area contributed by atoms with Gasteiger partial charge in [0.25, 0.3) is 0 Å². The predicted molar refractivity (Wildman–Crippen MR) is 71.1 cm³/mol. The molecule has 0 saturated carbocycles. The van der Waals surface area contributed by atoms with Gasteiger partial charge < -0.3 is 14.2 Å². The van der Waals surface area contributed by atoms with E-state index in [2.05, 4.69) is 67.0 Å². The minimum absolute atomic E-state index is 0.0323. The maximum Gasteiger partial charge on any atom is 0.148 e. The van der Waals surface area contributed by atoms with Crippen LogP contribution in [0.1, 0.15) is 13.2 Å². The molecule has 2 unspecified atom stereocenters. The van der Waals surface area contributed by atoms with Crippen molar-refractivity contribution in [2.45, 2.75) is 19.2 Å². The normalized spacial score (nSPS) is 15.4. The molecule has 0 N–H and O–H groups in total. The molecule has 0 bridgehead atoms. The molecule has 0 saturated heterocycles. The van der Waals surface area contributed by atoms with E-state index in [4.69, 9.17) is 4.74 Å². The SMILES string of the molecule is COC(C(C)N(C)C)n1ccc2ccccc21. The minimum atomic E-state index is 0.0323. The Balaban J connectivity index is 2.43. The maximum atomic E-state index is 5.65. The number of methoxy groups -OCH3 is 1. The first-order chi connectivity index (χ1) is 8.15. The predicted octanol–water partition coefficient (Wildman–Crippen LogP) is 2.74. The van der Waals surface area contributed by atoms with Crippen molar-refractivity contribution in [1.82, 2.24) is 9.47 Å². The quantitative estimate of drug-likeness (QED) is 0.806. The first kappa shape index (κ1) is 12.1. The molecule has 92 valence electrons. The number of rotatable bonds is 4. The van der Waals surface area contributed by atoms with Crippen molar-refractivity contribution in [3.8, 4) is 0 Å². The van der Waals surface area contributed by atoms with Gasteiger partial charge in [-0.3, -0.25) is 0 Å². The standard InChI is InChI=1S/C14H20N2O/c1-11(15(2)3)14(17-4)16-10-9-12-7-5-6-8-13(12)16/h5-11,14H,1-4H3. The molecule has 2 atom stereocenters. The zero-order chi connectivity index (χ0) is 12.4. The summed E-state index contributed by atoms with van der Waals surface area (Å²) >= 11 is 0. The number of likely N-dealkylation sites (N-methyl/N-ethyl adjacent to an activating group) is 1. The van der Waals surface area contributed by atoms with Gasteiger partial charge in [0, 0.05) is 13.3 Å². The van der Waals surface area contributed by atoms with Gasteiger partial charge in [-0.1, -0.05) is 18.2 Å². The zero-order valence-electron chi connectivity index (χ0n) is 10.9. The van der Waals surface area contributed by atoms with Crippen LogP contribution in [0.3, 0.4) is 0 Å². The van der Waals surface area contributed by atoms with Crippen LogP contribution in [0, 0.1) is 0 Å². The van der Waals surface area contributed by atoms with E-state index in [-0.39, 0.29) is 6.23 Å². The Morgan fingerprint density at radius 3 is 2.53 bits per heavy atom. The Hall–Kier alpha value is -1.32. The molecule has 0 aliphatic heterocycles. The van der Waals surface area contributed by atoms with E-state index in [1.54, 1.807) is 7.11 Å². The molecule has 0 radical (unpaired) electrons. The summed E-state index contributed by atoms with van der Waals surface area (Å²) < 4.78 is 7.84. The van der Waals surface area contributed by atoms with E-state index in [1.807, 2.05) is 0 Å². The van der Waals surface area contributed by atoms with E-state index in [9.17, 15) is 0 Å². The largest absolute Gasteiger partial charge is 0.360 e. The van der Waals surface area contributed by atoms with Crippen LogP contribution in [0.15, 0.2) is 36.5 Å². The molecule has 0 amide bonds. The third-order valence-electron chi connectivity index (χ3n) is 3.37. The second-order valence-electron chi connectivity index (χ2n) is 4.61. The number of fused-ring (bicyclic) bond motifs is 1. The Morgan fingerprint density at radius 1 is 1.18 bits per heavy atom. The second kappa shape index (κ2) is 4.90. The maximum absolute atomic E-state index is 5.65. The number of para-hydroxylation sites is 1. The van der Waals surface area contributed by atoms with E-state index in [0.29, 0.717) is 6.04 Å². The third kappa shape index (κ3) is 2.21. The van der Waals surface area contributed by atoms with Gasteiger partial charge in [-0.2, -0.15) is 0 Å². The lowest BCUT2D eigenvalue weighted by Crippen LogP contribution is -2.35. The third-order valence-corrected chi connectivity index (χ3v) is 3.37. The molecule has 0 aliphatic carbocycles. The van der Waals surface area contributed by atoms with Crippen LogP contribution in [0.2, 0.25) is 0 Å². The van der Waals surface area contributed by atoms with Crippen molar-refractivity contribution in [2.24, 2.45) is 0 Å². The fraction of sp³-hybridized carbons (Fsp3) is 0.429. The van der Waals surface area contributed by atoms with Crippen molar-refractivity contribution >= 4 is 10.9 Å². The summed E-state index contributed by atoms with van der Waals surface area (Å²) in [5.74, 6) is 0. The molecule has 0 spiro atoms. The highest BCUT2D eigenvalue weighted by molar-refractivity contribution is 5.80. The van der Waals surface area contributed by atoms with Crippen molar-refractivity contribution in [3.05, 3.63) is 36.5 Å². The Kier molecular flexibility index (Phi) is 3.50. The monoisotopic (exact) mass is 232 g/mol. The van der Waals surface area contributed by atoms with Gasteiger partial charge in [-0.05, 0) is 38.5 Å². The van der Waals surface area contributed by atoms with Crippen LogP contribution < -0.4 is 0 Å². The summed E-state index contributed by atoms with van der Waals surface area (Å²) in [6, 6.07) is 10.8. The fourth-order valence-corrected chi connectivity index (χ4v) is 2.12. The van der Waals surface area contributed by atoms with Gasteiger partial charge >= 0.3 is 0 Å². The summed E-state index contributed by atoms with van der Waals surface area (Å²) in [4.78, 5) is 2.17. The van der Waals surface area contributed by atoms with Crippen molar-refractivity contribution < 1.29 is 4.74 Å². The number of nitrogens with zero attached hydrogens (tertiary/aromatic N) is 2. The van der Waals surface area contributed by atoms with Gasteiger partial charge in [0.2, 0.25) is 0 Å². The number of hydrogen-bond donors (Lipinski definition) is 0. The molecular formula is C14H20N2O. The second-order valence-corrected chi connectivity index (χ2v) is 4.61. The van der Waals surface area contributed by atoms with Crippen molar-refractivity contribution in [1.29, 1.82) is 0 Å². The highest BCUT2D eigenvalue weighted by Crippen LogP contribution is 2.24. The molecular weight excluding hydrogens is 212 g/mol. The highest BCUT2D eigenvalue weighted by Gasteiger charge is 2.21. The average Bonchev–Trinajstić information content (AvgIpc) is 2.74. The number of aromatic nitrogens is 1. The van der Waals surface area contributed by atoms with Gasteiger partial charge in [0.1, 0.15) is 6.23 Å². The van der Waals surface area contributed by atoms with Crippen LogP contribution in [-0.2, 0) is 4.74 Å². The Morgan fingerprint density at radius 2 is 1.88 bits per heavy atom. The molecule has 1 aromatic heterocycles. The zero-order valence-corrected chi connectivity index (χ0v) is 10.9. The fourth-order valence-electron chi connectivity index (χ4n) is 2.12. The lowest BCUT2D eigenvalue weighted by Gasteiger charge is -2.29. The van der Waals surface area contributed by atoms with Gasteiger partial charge in [0.05, 0.1) is 11.6 Å². The Labute approximate surface area is 103 Å². The lowest BCUT2D eigenvalue weighted by atomic mass is 10.2. The summed E-state index contributed by atoms with van der Waals surface area (Å²) in [5, 5.41) is 1.25. The van der Waals surface area contributed by atoms with E-state index < -0.39 is 0 Å². The van der Waals surface area contributed by atoms with Crippen LogP contribution in [0.5, 0.6) is 0 Å². The smallest absolute Gasteiger partial charge is 0.148 e. The molecule has 17 heavy (non-hydrogen) atoms. The van der Waals surface area contributed by atoms with E-state index in [0.717, 1.165) is 0 Å². The van der Waals surface area contributed by atoms with E-state index in [1.165, 1.54) is 10.9 Å². The summed E-state index contributed by atoms with van der Waals surface area (Å²) in [7, 11) is 5.91. The lowest BCUT2D eigenvalue weighted by molar-refractivity contribution is -0.00994. The molecule has 2 rings (SSSR count). The van der Waals surface area contributed by atoms with Crippen molar-refractivity contribution in [3.63, 3.8) is 0 Å². The van der Waals surface area contributed by atoms with Gasteiger partial charge in [-0.15, -0.1) is 0 Å². The topological polar surface area (TPSA) is 17.4 Å². The molecule has 0 aliphatic rings. The first-order valence-corrected chi connectivity index (χ1v) is 5.90. The number of hydrogen-bond acceptors (Lipinski definition) is 2. The summed E-state index contributed by atoms with van der Waals surface area (Å²) in [5.41, 5.74) is 1.22. The first-order valence-electron chi connectivity index (χ1n) is 5.90. The van der Waals surface area contributed by atoms with Crippen LogP contribution in [0.25, 0.3) is 10.9 Å². The molecule has 1 aromatic carbocycles. The molecule has 0 fully saturated rings. The molecule has 3 nitrogen and oxygen atoms in total. The van der Waals surface area contributed by atoms with Crippen LogP contribution >= 0.6 is 0 Å². The van der Waals surface area contributed by atoms with Crippen LogP contribution in [0.4, 0.5) is 0 Å². The molecule has 1 heterocycles. The molecule has 2 aromatic rings. The minimum Gasteiger partial charge on any atom is -0.360 e. The highest BCUT2D eigenvalue weighted by atomic mass is 16.5. The Bertz CT molecular complexity index is 490. The summed E-state index contributed by atoms with van der Waals surface area (Å²) in [6.07, 6.45) is 2.13. The van der Waals surface area contributed by atoms with Gasteiger partial charge in [-0.25, -0.2) is 0 Å².